The largest absolute Gasteiger partial charge is 0.369 e. The summed E-state index contributed by atoms with van der Waals surface area (Å²) in [6.07, 6.45) is 4.05. The molecule has 0 saturated heterocycles. The molecular weight excluding hydrogens is 332 g/mol. The van der Waals surface area contributed by atoms with Crippen LogP contribution in [0.25, 0.3) is 0 Å². The molecule has 110 valence electrons. The van der Waals surface area contributed by atoms with E-state index in [0.717, 1.165) is 28.7 Å². The maximum absolute atomic E-state index is 12.2. The molecule has 2 N–H and O–H groups in total. The Balaban J connectivity index is 2.15. The normalized spacial score (nSPS) is 10.2. The van der Waals surface area contributed by atoms with Crippen LogP contribution in [0, 0.1) is 6.92 Å². The molecule has 0 aliphatic carbocycles. The van der Waals surface area contributed by atoms with E-state index in [9.17, 15) is 4.79 Å². The van der Waals surface area contributed by atoms with Gasteiger partial charge in [0.1, 0.15) is 11.5 Å². The minimum atomic E-state index is -0.274. The van der Waals surface area contributed by atoms with E-state index in [1.165, 1.54) is 6.20 Å². The third-order valence-corrected chi connectivity index (χ3v) is 3.80. The first-order valence-corrected chi connectivity index (χ1v) is 7.53. The van der Waals surface area contributed by atoms with Crippen molar-refractivity contribution in [2.24, 2.45) is 0 Å². The molecule has 0 bridgehead atoms. The predicted octanol–water partition coefficient (Wildman–Crippen LogP) is 3.62. The van der Waals surface area contributed by atoms with Crippen molar-refractivity contribution in [3.8, 4) is 0 Å². The molecule has 21 heavy (non-hydrogen) atoms. The summed E-state index contributed by atoms with van der Waals surface area (Å²) in [4.78, 5) is 20.6. The second-order valence-corrected chi connectivity index (χ2v) is 5.44. The number of anilines is 2. The molecule has 0 aliphatic rings. The summed E-state index contributed by atoms with van der Waals surface area (Å²) in [7, 11) is 0. The third-order valence-electron chi connectivity index (χ3n) is 2.94. The molecular formula is C15H17BrN4O. The zero-order valence-electron chi connectivity index (χ0n) is 12.0. The molecule has 1 aromatic carbocycles. The molecule has 0 radical (unpaired) electrons. The standard InChI is InChI=1S/C15H17BrN4O/c1-3-7-18-14-9-17-8-13(19-14)15(21)20-12-6-4-5-11(16)10(12)2/h4-6,8-9H,3,7H2,1-2H3,(H,18,19)(H,20,21). The average Bonchev–Trinajstić information content (AvgIpc) is 2.50. The van der Waals surface area contributed by atoms with Crippen LogP contribution < -0.4 is 10.6 Å². The van der Waals surface area contributed by atoms with E-state index < -0.39 is 0 Å². The number of hydrogen-bond acceptors (Lipinski definition) is 4. The van der Waals surface area contributed by atoms with E-state index in [1.807, 2.05) is 25.1 Å². The Bertz CT molecular complexity index is 645. The topological polar surface area (TPSA) is 66.9 Å². The number of hydrogen-bond donors (Lipinski definition) is 2. The Morgan fingerprint density at radius 2 is 2.14 bits per heavy atom. The summed E-state index contributed by atoms with van der Waals surface area (Å²) in [6.45, 7) is 4.79. The fourth-order valence-electron chi connectivity index (χ4n) is 1.74. The molecule has 5 nitrogen and oxygen atoms in total. The van der Waals surface area contributed by atoms with Crippen molar-refractivity contribution in [3.63, 3.8) is 0 Å². The Kier molecular flexibility index (Phi) is 5.27. The third kappa shape index (κ3) is 4.01. The Morgan fingerprint density at radius 1 is 1.33 bits per heavy atom. The lowest BCUT2D eigenvalue weighted by molar-refractivity contribution is 0.102. The number of nitrogens with zero attached hydrogens (tertiary/aromatic N) is 2. The number of carbonyl (C=O) groups is 1. The molecule has 2 rings (SSSR count). The van der Waals surface area contributed by atoms with E-state index >= 15 is 0 Å². The monoisotopic (exact) mass is 348 g/mol. The van der Waals surface area contributed by atoms with Crippen molar-refractivity contribution < 1.29 is 4.79 Å². The van der Waals surface area contributed by atoms with E-state index in [0.29, 0.717) is 5.82 Å². The van der Waals surface area contributed by atoms with Crippen LogP contribution in [0.5, 0.6) is 0 Å². The van der Waals surface area contributed by atoms with Crippen molar-refractivity contribution in [1.29, 1.82) is 0 Å². The van der Waals surface area contributed by atoms with Gasteiger partial charge in [-0.3, -0.25) is 9.78 Å². The molecule has 0 saturated carbocycles. The molecule has 0 fully saturated rings. The van der Waals surface area contributed by atoms with Crippen LogP contribution in [0.15, 0.2) is 35.1 Å². The fourth-order valence-corrected chi connectivity index (χ4v) is 2.11. The van der Waals surface area contributed by atoms with Crippen molar-refractivity contribution in [2.75, 3.05) is 17.2 Å². The molecule has 0 atom stereocenters. The van der Waals surface area contributed by atoms with Gasteiger partial charge in [-0.1, -0.05) is 28.9 Å². The van der Waals surface area contributed by atoms with Gasteiger partial charge < -0.3 is 10.6 Å². The summed E-state index contributed by atoms with van der Waals surface area (Å²) in [5.41, 5.74) is 2.01. The number of halogens is 1. The predicted molar refractivity (Wildman–Crippen MR) is 87.6 cm³/mol. The van der Waals surface area contributed by atoms with Gasteiger partial charge in [0.25, 0.3) is 5.91 Å². The highest BCUT2D eigenvalue weighted by molar-refractivity contribution is 9.10. The number of nitrogens with one attached hydrogen (secondary N) is 2. The number of benzene rings is 1. The maximum atomic E-state index is 12.2. The number of carbonyl (C=O) groups excluding carboxylic acids is 1. The SMILES string of the molecule is CCCNc1cncc(C(=O)Nc2cccc(Br)c2C)n1. The van der Waals surface area contributed by atoms with Gasteiger partial charge in [-0.2, -0.15) is 0 Å². The van der Waals surface area contributed by atoms with E-state index in [1.54, 1.807) is 6.20 Å². The zero-order valence-corrected chi connectivity index (χ0v) is 13.6. The quantitative estimate of drug-likeness (QED) is 0.865. The first kappa shape index (κ1) is 15.4. The Hall–Kier alpha value is -1.95. The maximum Gasteiger partial charge on any atom is 0.275 e. The molecule has 0 aliphatic heterocycles. The van der Waals surface area contributed by atoms with Gasteiger partial charge in [0.15, 0.2) is 0 Å². The highest BCUT2D eigenvalue weighted by Gasteiger charge is 2.11. The van der Waals surface area contributed by atoms with Gasteiger partial charge in [0.05, 0.1) is 12.4 Å². The van der Waals surface area contributed by atoms with Gasteiger partial charge in [-0.05, 0) is 31.0 Å². The van der Waals surface area contributed by atoms with Crippen LogP contribution in [-0.2, 0) is 0 Å². The van der Waals surface area contributed by atoms with Crippen molar-refractivity contribution in [2.45, 2.75) is 20.3 Å². The van der Waals surface area contributed by atoms with Gasteiger partial charge >= 0.3 is 0 Å². The van der Waals surface area contributed by atoms with E-state index in [4.69, 9.17) is 0 Å². The second kappa shape index (κ2) is 7.17. The Labute approximate surface area is 132 Å². The average molecular weight is 349 g/mol. The van der Waals surface area contributed by atoms with Crippen LogP contribution in [0.3, 0.4) is 0 Å². The number of rotatable bonds is 5. The molecule has 1 amide bonds. The van der Waals surface area contributed by atoms with E-state index in [2.05, 4.69) is 43.5 Å². The molecule has 1 heterocycles. The molecule has 2 aromatic rings. The minimum absolute atomic E-state index is 0.274. The minimum Gasteiger partial charge on any atom is -0.369 e. The van der Waals surface area contributed by atoms with Crippen LogP contribution in [-0.4, -0.2) is 22.4 Å². The van der Waals surface area contributed by atoms with Gasteiger partial charge in [-0.15, -0.1) is 0 Å². The van der Waals surface area contributed by atoms with Gasteiger partial charge in [0.2, 0.25) is 0 Å². The summed E-state index contributed by atoms with van der Waals surface area (Å²) < 4.78 is 0.949. The van der Waals surface area contributed by atoms with Crippen LogP contribution in [0.4, 0.5) is 11.5 Å². The molecule has 0 spiro atoms. The second-order valence-electron chi connectivity index (χ2n) is 4.58. The smallest absolute Gasteiger partial charge is 0.275 e. The van der Waals surface area contributed by atoms with Crippen LogP contribution in [0.2, 0.25) is 0 Å². The Morgan fingerprint density at radius 3 is 2.90 bits per heavy atom. The van der Waals surface area contributed by atoms with Crippen molar-refractivity contribution in [1.82, 2.24) is 9.97 Å². The van der Waals surface area contributed by atoms with Gasteiger partial charge in [0, 0.05) is 16.7 Å². The number of aromatic nitrogens is 2. The lowest BCUT2D eigenvalue weighted by atomic mass is 10.2. The lowest BCUT2D eigenvalue weighted by Crippen LogP contribution is -2.16. The number of amides is 1. The fraction of sp³-hybridized carbons (Fsp3) is 0.267. The van der Waals surface area contributed by atoms with Crippen molar-refractivity contribution in [3.05, 3.63) is 46.3 Å². The van der Waals surface area contributed by atoms with E-state index in [-0.39, 0.29) is 11.6 Å². The summed E-state index contributed by atoms with van der Waals surface area (Å²) in [5.74, 6) is 0.333. The highest BCUT2D eigenvalue weighted by Crippen LogP contribution is 2.23. The van der Waals surface area contributed by atoms with Gasteiger partial charge in [-0.25, -0.2) is 4.98 Å². The van der Waals surface area contributed by atoms with Crippen LogP contribution >= 0.6 is 15.9 Å². The molecule has 0 unspecified atom stereocenters. The first-order valence-electron chi connectivity index (χ1n) is 6.74. The molecule has 6 heteroatoms. The highest BCUT2D eigenvalue weighted by atomic mass is 79.9. The van der Waals surface area contributed by atoms with Crippen molar-refractivity contribution >= 4 is 33.3 Å². The summed E-state index contributed by atoms with van der Waals surface area (Å²) in [6, 6.07) is 5.66. The zero-order chi connectivity index (χ0) is 15.2. The first-order chi connectivity index (χ1) is 10.1. The molecule has 1 aromatic heterocycles. The summed E-state index contributed by atoms with van der Waals surface area (Å²) >= 11 is 3.44. The van der Waals surface area contributed by atoms with Crippen LogP contribution in [0.1, 0.15) is 29.4 Å². The lowest BCUT2D eigenvalue weighted by Gasteiger charge is -2.10. The summed E-state index contributed by atoms with van der Waals surface area (Å²) in [5, 5.41) is 5.96.